The van der Waals surface area contributed by atoms with Crippen LogP contribution >= 0.6 is 0 Å². The van der Waals surface area contributed by atoms with Crippen molar-refractivity contribution in [2.24, 2.45) is 0 Å². The van der Waals surface area contributed by atoms with Crippen molar-refractivity contribution in [3.05, 3.63) is 42.5 Å². The van der Waals surface area contributed by atoms with E-state index >= 15 is 0 Å². The van der Waals surface area contributed by atoms with E-state index in [1.807, 2.05) is 0 Å². The van der Waals surface area contributed by atoms with Crippen molar-refractivity contribution >= 4 is 27.6 Å². The topological polar surface area (TPSA) is 16.4 Å². The van der Waals surface area contributed by atoms with Crippen molar-refractivity contribution < 1.29 is 4.42 Å². The van der Waals surface area contributed by atoms with Gasteiger partial charge in [-0.3, -0.25) is 0 Å². The predicted octanol–water partition coefficient (Wildman–Crippen LogP) is 9.11. The summed E-state index contributed by atoms with van der Waals surface area (Å²) in [6.07, 6.45) is 16.2. The molecule has 0 N–H and O–H groups in total. The van der Waals surface area contributed by atoms with Crippen LogP contribution in [0.25, 0.3) is 21.9 Å². The van der Waals surface area contributed by atoms with Crippen molar-refractivity contribution in [2.75, 3.05) is 18.0 Å². The number of hydrogen-bond donors (Lipinski definition) is 0. The van der Waals surface area contributed by atoms with Gasteiger partial charge >= 0.3 is 0 Å². The van der Waals surface area contributed by atoms with Gasteiger partial charge in [0, 0.05) is 24.2 Å². The molecule has 3 aromatic rings. The highest BCUT2D eigenvalue weighted by Crippen LogP contribution is 2.36. The number of anilines is 1. The van der Waals surface area contributed by atoms with Crippen LogP contribution in [-0.2, 0) is 0 Å². The Morgan fingerprint density at radius 3 is 1.83 bits per heavy atom. The summed E-state index contributed by atoms with van der Waals surface area (Å²) in [6, 6.07) is 15.1. The molecule has 0 radical (unpaired) electrons. The number of benzene rings is 2. The summed E-state index contributed by atoms with van der Waals surface area (Å²) in [4.78, 5) is 2.64. The van der Waals surface area contributed by atoms with Gasteiger partial charge in [0.2, 0.25) is 0 Å². The van der Waals surface area contributed by atoms with Crippen molar-refractivity contribution in [1.82, 2.24) is 0 Å². The van der Waals surface area contributed by atoms with E-state index < -0.39 is 0 Å². The first kappa shape index (κ1) is 22.7. The number of hydrogen-bond acceptors (Lipinski definition) is 2. The molecule has 0 aliphatic heterocycles. The third-order valence-corrected chi connectivity index (χ3v) is 6.28. The van der Waals surface area contributed by atoms with Crippen molar-refractivity contribution in [2.45, 2.75) is 90.9 Å². The van der Waals surface area contributed by atoms with Crippen molar-refractivity contribution in [3.8, 4) is 0 Å². The maximum absolute atomic E-state index is 6.16. The first-order valence-corrected chi connectivity index (χ1v) is 12.5. The Kier molecular flexibility index (Phi) is 9.60. The summed E-state index contributed by atoms with van der Waals surface area (Å²) in [6.45, 7) is 6.88. The molecule has 0 atom stereocenters. The highest BCUT2D eigenvalue weighted by atomic mass is 16.3. The Morgan fingerprint density at radius 2 is 1.17 bits per heavy atom. The normalized spacial score (nSPS) is 11.5. The Labute approximate surface area is 183 Å². The zero-order valence-electron chi connectivity index (χ0n) is 19.3. The molecule has 0 saturated carbocycles. The Hall–Kier alpha value is -1.96. The van der Waals surface area contributed by atoms with E-state index in [-0.39, 0.29) is 0 Å². The third-order valence-electron chi connectivity index (χ3n) is 6.28. The molecule has 2 heteroatoms. The van der Waals surface area contributed by atoms with Crippen LogP contribution < -0.4 is 4.90 Å². The van der Waals surface area contributed by atoms with Crippen LogP contribution in [0.1, 0.15) is 90.9 Å². The molecule has 0 bridgehead atoms. The molecule has 1 aromatic heterocycles. The van der Waals surface area contributed by atoms with E-state index in [0.29, 0.717) is 0 Å². The molecule has 0 unspecified atom stereocenters. The van der Waals surface area contributed by atoms with Crippen molar-refractivity contribution in [1.29, 1.82) is 0 Å². The SMILES string of the molecule is CCCCCCCCN(CCCCCCCC)c1cccc2oc3ccccc3c12. The monoisotopic (exact) mass is 407 g/mol. The summed E-state index contributed by atoms with van der Waals surface area (Å²) in [5.41, 5.74) is 3.38. The molecule has 164 valence electrons. The number of nitrogens with zero attached hydrogens (tertiary/aromatic N) is 1. The number of fused-ring (bicyclic) bond motifs is 3. The van der Waals surface area contributed by atoms with Gasteiger partial charge in [0.15, 0.2) is 0 Å². The minimum Gasteiger partial charge on any atom is -0.456 e. The lowest BCUT2D eigenvalue weighted by Crippen LogP contribution is -2.26. The molecule has 1 heterocycles. The van der Waals surface area contributed by atoms with Gasteiger partial charge in [-0.1, -0.05) is 102 Å². The molecule has 0 aliphatic rings. The Balaban J connectivity index is 1.71. The zero-order valence-corrected chi connectivity index (χ0v) is 19.3. The maximum atomic E-state index is 6.16. The van der Waals surface area contributed by atoms with Gasteiger partial charge in [-0.05, 0) is 31.0 Å². The second-order valence-corrected chi connectivity index (χ2v) is 8.77. The van der Waals surface area contributed by atoms with Crippen LogP contribution in [0.2, 0.25) is 0 Å². The highest BCUT2D eigenvalue weighted by Gasteiger charge is 2.15. The van der Waals surface area contributed by atoms with Crippen LogP contribution in [0, 0.1) is 0 Å². The first-order chi connectivity index (χ1) is 14.8. The van der Waals surface area contributed by atoms with Crippen LogP contribution in [0.3, 0.4) is 0 Å². The first-order valence-electron chi connectivity index (χ1n) is 12.5. The molecular weight excluding hydrogens is 366 g/mol. The van der Waals surface area contributed by atoms with E-state index in [4.69, 9.17) is 4.42 Å². The number of furan rings is 1. The van der Waals surface area contributed by atoms with E-state index in [2.05, 4.69) is 61.2 Å². The lowest BCUT2D eigenvalue weighted by atomic mass is 10.1. The molecular formula is C28H41NO. The third kappa shape index (κ3) is 6.27. The van der Waals surface area contributed by atoms with Crippen LogP contribution in [0.4, 0.5) is 5.69 Å². The van der Waals surface area contributed by atoms with Gasteiger partial charge in [-0.15, -0.1) is 0 Å². The standard InChI is InChI=1S/C28H41NO/c1-3-5-7-9-11-15-22-29(23-16-12-10-8-6-4-2)25-19-17-21-27-28(25)24-18-13-14-20-26(24)30-27/h13-14,17-21H,3-12,15-16,22-23H2,1-2H3. The van der Waals surface area contributed by atoms with Gasteiger partial charge < -0.3 is 9.32 Å². The van der Waals surface area contributed by atoms with E-state index in [1.165, 1.54) is 93.5 Å². The second kappa shape index (κ2) is 12.7. The minimum atomic E-state index is 0.999. The summed E-state index contributed by atoms with van der Waals surface area (Å²) < 4.78 is 6.16. The van der Waals surface area contributed by atoms with Gasteiger partial charge in [0.25, 0.3) is 0 Å². The van der Waals surface area contributed by atoms with E-state index in [1.54, 1.807) is 0 Å². The molecule has 0 spiro atoms. The van der Waals surface area contributed by atoms with Gasteiger partial charge in [-0.25, -0.2) is 0 Å². The molecule has 2 nitrogen and oxygen atoms in total. The Morgan fingerprint density at radius 1 is 0.600 bits per heavy atom. The van der Waals surface area contributed by atoms with Gasteiger partial charge in [0.1, 0.15) is 11.2 Å². The van der Waals surface area contributed by atoms with Crippen LogP contribution in [0.15, 0.2) is 46.9 Å². The fraction of sp³-hybridized carbons (Fsp3) is 0.571. The number of rotatable bonds is 15. The fourth-order valence-electron chi connectivity index (χ4n) is 4.54. The summed E-state index contributed by atoms with van der Waals surface area (Å²) in [7, 11) is 0. The Bertz CT molecular complexity index is 849. The molecule has 0 amide bonds. The molecule has 0 aliphatic carbocycles. The summed E-state index contributed by atoms with van der Waals surface area (Å²) >= 11 is 0. The summed E-state index contributed by atoms with van der Waals surface area (Å²) in [5.74, 6) is 0. The minimum absolute atomic E-state index is 0.999. The number of para-hydroxylation sites is 1. The van der Waals surface area contributed by atoms with Crippen molar-refractivity contribution in [3.63, 3.8) is 0 Å². The molecule has 0 fully saturated rings. The summed E-state index contributed by atoms with van der Waals surface area (Å²) in [5, 5.41) is 2.55. The van der Waals surface area contributed by atoms with E-state index in [0.717, 1.165) is 24.3 Å². The molecule has 0 saturated heterocycles. The largest absolute Gasteiger partial charge is 0.456 e. The van der Waals surface area contributed by atoms with Crippen LogP contribution in [-0.4, -0.2) is 13.1 Å². The number of unbranched alkanes of at least 4 members (excludes halogenated alkanes) is 10. The van der Waals surface area contributed by atoms with E-state index in [9.17, 15) is 0 Å². The molecule has 3 rings (SSSR count). The lowest BCUT2D eigenvalue weighted by Gasteiger charge is -2.26. The predicted molar refractivity (Wildman–Crippen MR) is 133 cm³/mol. The smallest absolute Gasteiger partial charge is 0.137 e. The maximum Gasteiger partial charge on any atom is 0.137 e. The lowest BCUT2D eigenvalue weighted by molar-refractivity contribution is 0.575. The molecule has 2 aromatic carbocycles. The van der Waals surface area contributed by atoms with Gasteiger partial charge in [-0.2, -0.15) is 0 Å². The average Bonchev–Trinajstić information content (AvgIpc) is 3.16. The van der Waals surface area contributed by atoms with Crippen LogP contribution in [0.5, 0.6) is 0 Å². The average molecular weight is 408 g/mol. The molecule has 30 heavy (non-hydrogen) atoms. The fourth-order valence-corrected chi connectivity index (χ4v) is 4.54. The second-order valence-electron chi connectivity index (χ2n) is 8.77. The van der Waals surface area contributed by atoms with Gasteiger partial charge in [0.05, 0.1) is 5.39 Å². The zero-order chi connectivity index (χ0) is 21.0. The quantitative estimate of drug-likeness (QED) is 0.233. The highest BCUT2D eigenvalue weighted by molar-refractivity contribution is 6.11.